The Morgan fingerprint density at radius 3 is 2.85 bits per heavy atom. The van der Waals surface area contributed by atoms with Crippen molar-refractivity contribution in [2.45, 2.75) is 44.6 Å². The van der Waals surface area contributed by atoms with Gasteiger partial charge in [-0.25, -0.2) is 4.79 Å². The number of nitrogens with one attached hydrogen (secondary N) is 1. The molecule has 0 aromatic carbocycles. The normalized spacial score (nSPS) is 15.2. The van der Waals surface area contributed by atoms with Gasteiger partial charge < -0.3 is 10.4 Å². The molecule has 0 saturated carbocycles. The highest BCUT2D eigenvalue weighted by Gasteiger charge is 2.22. The van der Waals surface area contributed by atoms with E-state index in [0.29, 0.717) is 17.7 Å². The SMILES string of the molecule is C=CCCC(NC(=O)c1cc2c(s1)CCCC2)C(=O)O. The summed E-state index contributed by atoms with van der Waals surface area (Å²) in [6.45, 7) is 3.57. The van der Waals surface area contributed by atoms with Gasteiger partial charge in [0.2, 0.25) is 0 Å². The van der Waals surface area contributed by atoms with Gasteiger partial charge in [-0.2, -0.15) is 0 Å². The molecule has 0 fully saturated rings. The maximum absolute atomic E-state index is 12.2. The molecule has 2 rings (SSSR count). The number of aliphatic carboxylic acids is 1. The molecule has 1 amide bonds. The smallest absolute Gasteiger partial charge is 0.326 e. The molecule has 20 heavy (non-hydrogen) atoms. The van der Waals surface area contributed by atoms with E-state index in [4.69, 9.17) is 5.11 Å². The summed E-state index contributed by atoms with van der Waals surface area (Å²) < 4.78 is 0. The fourth-order valence-corrected chi connectivity index (χ4v) is 3.53. The molecule has 2 N–H and O–H groups in total. The summed E-state index contributed by atoms with van der Waals surface area (Å²) in [5.74, 6) is -1.28. The highest BCUT2D eigenvalue weighted by atomic mass is 32.1. The van der Waals surface area contributed by atoms with Gasteiger partial charge in [-0.15, -0.1) is 17.9 Å². The Balaban J connectivity index is 2.04. The molecule has 1 atom stereocenters. The van der Waals surface area contributed by atoms with Crippen LogP contribution in [0.2, 0.25) is 0 Å². The van der Waals surface area contributed by atoms with Crippen molar-refractivity contribution in [3.8, 4) is 0 Å². The number of hydrogen-bond acceptors (Lipinski definition) is 3. The molecular formula is C15H19NO3S. The Bertz CT molecular complexity index is 498. The van der Waals surface area contributed by atoms with Crippen molar-refractivity contribution in [2.24, 2.45) is 0 Å². The molecule has 1 heterocycles. The van der Waals surface area contributed by atoms with Crippen LogP contribution >= 0.6 is 11.3 Å². The molecule has 1 aliphatic carbocycles. The molecule has 4 nitrogen and oxygen atoms in total. The largest absolute Gasteiger partial charge is 0.480 e. The van der Waals surface area contributed by atoms with Crippen LogP contribution in [-0.2, 0) is 17.6 Å². The van der Waals surface area contributed by atoms with Gasteiger partial charge in [-0.3, -0.25) is 4.79 Å². The van der Waals surface area contributed by atoms with E-state index in [1.54, 1.807) is 6.08 Å². The van der Waals surface area contributed by atoms with E-state index in [1.807, 2.05) is 6.07 Å². The molecule has 1 aromatic rings. The second-order valence-corrected chi connectivity index (χ2v) is 6.13. The number of thiophene rings is 1. The second-order valence-electron chi connectivity index (χ2n) is 5.00. The number of fused-ring (bicyclic) bond motifs is 1. The fourth-order valence-electron chi connectivity index (χ4n) is 2.37. The average molecular weight is 293 g/mol. The molecule has 0 radical (unpaired) electrons. The van der Waals surface area contributed by atoms with Gasteiger partial charge in [0.1, 0.15) is 6.04 Å². The maximum atomic E-state index is 12.2. The van der Waals surface area contributed by atoms with Gasteiger partial charge in [0, 0.05) is 4.88 Å². The number of carbonyl (C=O) groups excluding carboxylic acids is 1. The van der Waals surface area contributed by atoms with E-state index in [9.17, 15) is 9.59 Å². The summed E-state index contributed by atoms with van der Waals surface area (Å²) in [4.78, 5) is 25.2. The Morgan fingerprint density at radius 2 is 2.20 bits per heavy atom. The summed E-state index contributed by atoms with van der Waals surface area (Å²) >= 11 is 1.50. The molecule has 0 aliphatic heterocycles. The summed E-state index contributed by atoms with van der Waals surface area (Å²) in [5.41, 5.74) is 1.25. The predicted molar refractivity (Wildman–Crippen MR) is 79.3 cm³/mol. The highest BCUT2D eigenvalue weighted by molar-refractivity contribution is 7.14. The first-order chi connectivity index (χ1) is 9.61. The minimum atomic E-state index is -0.999. The number of carboxylic acids is 1. The Kier molecular flexibility index (Phi) is 4.95. The Morgan fingerprint density at radius 1 is 1.45 bits per heavy atom. The number of rotatable bonds is 6. The zero-order chi connectivity index (χ0) is 14.5. The number of hydrogen-bond donors (Lipinski definition) is 2. The molecule has 108 valence electrons. The van der Waals surface area contributed by atoms with Crippen LogP contribution in [0, 0.1) is 0 Å². The summed E-state index contributed by atoms with van der Waals surface area (Å²) in [6.07, 6.45) is 7.00. The molecule has 1 aromatic heterocycles. The highest BCUT2D eigenvalue weighted by Crippen LogP contribution is 2.29. The zero-order valence-electron chi connectivity index (χ0n) is 11.4. The monoisotopic (exact) mass is 293 g/mol. The molecule has 0 saturated heterocycles. The van der Waals surface area contributed by atoms with Crippen LogP contribution in [-0.4, -0.2) is 23.0 Å². The number of carboxylic acid groups (broad SMARTS) is 1. The maximum Gasteiger partial charge on any atom is 0.326 e. The lowest BCUT2D eigenvalue weighted by Gasteiger charge is -2.12. The van der Waals surface area contributed by atoms with Crippen LogP contribution in [0.4, 0.5) is 0 Å². The minimum Gasteiger partial charge on any atom is -0.480 e. The number of amides is 1. The quantitative estimate of drug-likeness (QED) is 0.793. The van der Waals surface area contributed by atoms with Crippen molar-refractivity contribution in [3.63, 3.8) is 0 Å². The number of carbonyl (C=O) groups is 2. The predicted octanol–water partition coefficient (Wildman–Crippen LogP) is 2.78. The lowest BCUT2D eigenvalue weighted by atomic mass is 9.99. The number of aryl methyl sites for hydroxylation is 2. The summed E-state index contributed by atoms with van der Waals surface area (Å²) in [6, 6.07) is 1.07. The second kappa shape index (κ2) is 6.70. The van der Waals surface area contributed by atoms with E-state index >= 15 is 0 Å². The van der Waals surface area contributed by atoms with Gasteiger partial charge in [0.15, 0.2) is 0 Å². The van der Waals surface area contributed by atoms with Crippen molar-refractivity contribution in [2.75, 3.05) is 0 Å². The molecular weight excluding hydrogens is 274 g/mol. The van der Waals surface area contributed by atoms with Crippen molar-refractivity contribution in [1.29, 1.82) is 0 Å². The van der Waals surface area contributed by atoms with Crippen LogP contribution in [0.15, 0.2) is 18.7 Å². The van der Waals surface area contributed by atoms with Crippen LogP contribution < -0.4 is 5.32 Å². The van der Waals surface area contributed by atoms with E-state index in [-0.39, 0.29) is 5.91 Å². The van der Waals surface area contributed by atoms with E-state index in [1.165, 1.54) is 34.6 Å². The van der Waals surface area contributed by atoms with Crippen LogP contribution in [0.3, 0.4) is 0 Å². The molecule has 5 heteroatoms. The van der Waals surface area contributed by atoms with Crippen LogP contribution in [0.25, 0.3) is 0 Å². The van der Waals surface area contributed by atoms with Crippen molar-refractivity contribution in [3.05, 3.63) is 34.0 Å². The standard InChI is InChI=1S/C15H19NO3S/c1-2-3-7-11(15(18)19)16-14(17)13-9-10-6-4-5-8-12(10)20-13/h2,9,11H,1,3-8H2,(H,16,17)(H,18,19). The molecule has 0 bridgehead atoms. The van der Waals surface area contributed by atoms with Crippen molar-refractivity contribution < 1.29 is 14.7 Å². The Labute approximate surface area is 122 Å². The first-order valence-corrected chi connectivity index (χ1v) is 7.69. The minimum absolute atomic E-state index is 0.277. The fraction of sp³-hybridized carbons (Fsp3) is 0.467. The van der Waals surface area contributed by atoms with Gasteiger partial charge in [-0.1, -0.05) is 6.08 Å². The third-order valence-corrected chi connectivity index (χ3v) is 4.72. The third-order valence-electron chi connectivity index (χ3n) is 3.48. The first-order valence-electron chi connectivity index (χ1n) is 6.88. The van der Waals surface area contributed by atoms with E-state index < -0.39 is 12.0 Å². The molecule has 0 spiro atoms. The zero-order valence-corrected chi connectivity index (χ0v) is 12.2. The first kappa shape index (κ1) is 14.8. The lowest BCUT2D eigenvalue weighted by molar-refractivity contribution is -0.139. The van der Waals surface area contributed by atoms with Crippen molar-refractivity contribution in [1.82, 2.24) is 5.32 Å². The average Bonchev–Trinajstić information content (AvgIpc) is 2.86. The lowest BCUT2D eigenvalue weighted by Crippen LogP contribution is -2.40. The van der Waals surface area contributed by atoms with E-state index in [2.05, 4.69) is 11.9 Å². The van der Waals surface area contributed by atoms with Crippen LogP contribution in [0.1, 0.15) is 45.8 Å². The van der Waals surface area contributed by atoms with Gasteiger partial charge in [0.05, 0.1) is 4.88 Å². The molecule has 1 aliphatic rings. The number of allylic oxidation sites excluding steroid dienone is 1. The summed E-state index contributed by atoms with van der Waals surface area (Å²) in [7, 11) is 0. The topological polar surface area (TPSA) is 66.4 Å². The van der Waals surface area contributed by atoms with Crippen LogP contribution in [0.5, 0.6) is 0 Å². The van der Waals surface area contributed by atoms with Crippen molar-refractivity contribution >= 4 is 23.2 Å². The van der Waals surface area contributed by atoms with Gasteiger partial charge >= 0.3 is 5.97 Å². The van der Waals surface area contributed by atoms with Gasteiger partial charge in [0.25, 0.3) is 5.91 Å². The molecule has 1 unspecified atom stereocenters. The van der Waals surface area contributed by atoms with Gasteiger partial charge in [-0.05, 0) is 50.2 Å². The van der Waals surface area contributed by atoms with E-state index in [0.717, 1.165) is 12.8 Å². The Hall–Kier alpha value is -1.62. The summed E-state index contributed by atoms with van der Waals surface area (Å²) in [5, 5.41) is 11.7. The third kappa shape index (κ3) is 3.48.